The number of carbonyl (C=O) groups is 1. The molecule has 4 rings (SSSR count). The number of rotatable bonds is 5. The lowest BCUT2D eigenvalue weighted by Crippen LogP contribution is -2.26. The minimum atomic E-state index is -0.720. The Morgan fingerprint density at radius 3 is 2.68 bits per heavy atom. The standard InChI is InChI=1S/C18H17N7O3/c1-12-14(10-20-25(12)13-6-4-3-5-7-13)17-22-24(18(27)28-17)11-16(26)21-15-8-9-19-23(15)2/h3-10H,11H2,1-2H3,(H,21,26). The quantitative estimate of drug-likeness (QED) is 0.560. The molecule has 1 aromatic carbocycles. The van der Waals surface area contributed by atoms with Crippen LogP contribution in [0.5, 0.6) is 0 Å². The predicted octanol–water partition coefficient (Wildman–Crippen LogP) is 1.37. The number of aromatic nitrogens is 6. The number of carbonyl (C=O) groups excluding carboxylic acids is 1. The highest BCUT2D eigenvalue weighted by atomic mass is 16.4. The summed E-state index contributed by atoms with van der Waals surface area (Å²) in [5.41, 5.74) is 2.22. The fourth-order valence-corrected chi connectivity index (χ4v) is 2.78. The van der Waals surface area contributed by atoms with E-state index >= 15 is 0 Å². The second kappa shape index (κ2) is 6.99. The fourth-order valence-electron chi connectivity index (χ4n) is 2.78. The van der Waals surface area contributed by atoms with E-state index in [1.807, 2.05) is 37.3 Å². The lowest BCUT2D eigenvalue weighted by Gasteiger charge is -2.04. The van der Waals surface area contributed by atoms with E-state index in [0.29, 0.717) is 11.4 Å². The van der Waals surface area contributed by atoms with E-state index in [4.69, 9.17) is 4.42 Å². The molecule has 3 heterocycles. The molecular formula is C18H17N7O3. The minimum absolute atomic E-state index is 0.109. The summed E-state index contributed by atoms with van der Waals surface area (Å²) in [5.74, 6) is -0.510. The Bertz CT molecular complexity index is 1180. The smallest absolute Gasteiger partial charge is 0.387 e. The van der Waals surface area contributed by atoms with Gasteiger partial charge < -0.3 is 9.73 Å². The molecule has 0 unspecified atom stereocenters. The van der Waals surface area contributed by atoms with Crippen LogP contribution < -0.4 is 11.1 Å². The van der Waals surface area contributed by atoms with Crippen molar-refractivity contribution in [3.63, 3.8) is 0 Å². The number of nitrogens with one attached hydrogen (secondary N) is 1. The fraction of sp³-hybridized carbons (Fsp3) is 0.167. The Morgan fingerprint density at radius 2 is 1.96 bits per heavy atom. The number of amides is 1. The summed E-state index contributed by atoms with van der Waals surface area (Å²) in [6, 6.07) is 11.2. The molecule has 1 amide bonds. The normalized spacial score (nSPS) is 10.9. The third-order valence-electron chi connectivity index (χ3n) is 4.23. The van der Waals surface area contributed by atoms with Gasteiger partial charge in [-0.05, 0) is 19.1 Å². The maximum atomic E-state index is 12.2. The number of benzene rings is 1. The van der Waals surface area contributed by atoms with E-state index in [-0.39, 0.29) is 12.4 Å². The zero-order chi connectivity index (χ0) is 19.7. The van der Waals surface area contributed by atoms with Crippen LogP contribution in [0.1, 0.15) is 5.69 Å². The summed E-state index contributed by atoms with van der Waals surface area (Å²) in [5, 5.41) is 15.1. The molecule has 0 aliphatic rings. The Morgan fingerprint density at radius 1 is 1.18 bits per heavy atom. The second-order valence-electron chi connectivity index (χ2n) is 6.11. The van der Waals surface area contributed by atoms with Gasteiger partial charge >= 0.3 is 5.76 Å². The van der Waals surface area contributed by atoms with Gasteiger partial charge in [-0.25, -0.2) is 9.48 Å². The van der Waals surface area contributed by atoms with Gasteiger partial charge in [0.05, 0.1) is 29.3 Å². The first-order valence-electron chi connectivity index (χ1n) is 8.49. The van der Waals surface area contributed by atoms with Gasteiger partial charge in [0.15, 0.2) is 0 Å². The Kier molecular flexibility index (Phi) is 4.36. The van der Waals surface area contributed by atoms with Crippen LogP contribution >= 0.6 is 0 Å². The van der Waals surface area contributed by atoms with Crippen LogP contribution in [0.4, 0.5) is 5.82 Å². The molecule has 4 aromatic rings. The molecule has 0 bridgehead atoms. The van der Waals surface area contributed by atoms with E-state index in [1.165, 1.54) is 4.68 Å². The summed E-state index contributed by atoms with van der Waals surface area (Å²) < 4.78 is 9.44. The third kappa shape index (κ3) is 3.22. The lowest BCUT2D eigenvalue weighted by molar-refractivity contribution is -0.117. The van der Waals surface area contributed by atoms with Crippen molar-refractivity contribution in [1.29, 1.82) is 0 Å². The SMILES string of the molecule is Cc1c(-c2nn(CC(=O)Nc3ccnn3C)c(=O)o2)cnn1-c1ccccc1. The van der Waals surface area contributed by atoms with Crippen LogP contribution in [0, 0.1) is 6.92 Å². The number of nitrogens with zero attached hydrogens (tertiary/aromatic N) is 6. The molecule has 0 atom stereocenters. The summed E-state index contributed by atoms with van der Waals surface area (Å²) in [4.78, 5) is 24.3. The van der Waals surface area contributed by atoms with Crippen molar-refractivity contribution in [3.05, 3.63) is 65.0 Å². The molecule has 0 saturated carbocycles. The van der Waals surface area contributed by atoms with Crippen LogP contribution in [-0.2, 0) is 18.4 Å². The summed E-state index contributed by atoms with van der Waals surface area (Å²) in [6.07, 6.45) is 3.14. The van der Waals surface area contributed by atoms with Crippen molar-refractivity contribution < 1.29 is 9.21 Å². The Hall–Kier alpha value is -3.95. The highest BCUT2D eigenvalue weighted by Gasteiger charge is 2.18. The van der Waals surface area contributed by atoms with Crippen LogP contribution in [0.3, 0.4) is 0 Å². The maximum absolute atomic E-state index is 12.2. The number of anilines is 1. The molecule has 0 aliphatic carbocycles. The van der Waals surface area contributed by atoms with Crippen molar-refractivity contribution >= 4 is 11.7 Å². The van der Waals surface area contributed by atoms with Crippen molar-refractivity contribution in [1.82, 2.24) is 29.3 Å². The van der Waals surface area contributed by atoms with Crippen molar-refractivity contribution in [2.45, 2.75) is 13.5 Å². The van der Waals surface area contributed by atoms with Crippen LogP contribution in [-0.4, -0.2) is 35.2 Å². The number of hydrogen-bond acceptors (Lipinski definition) is 6. The third-order valence-corrected chi connectivity index (χ3v) is 4.23. The topological polar surface area (TPSA) is 113 Å². The highest BCUT2D eigenvalue weighted by molar-refractivity contribution is 5.89. The van der Waals surface area contributed by atoms with E-state index in [0.717, 1.165) is 16.1 Å². The molecule has 1 N–H and O–H groups in total. The molecule has 0 radical (unpaired) electrons. The van der Waals surface area contributed by atoms with Crippen molar-refractivity contribution in [2.24, 2.45) is 7.05 Å². The molecule has 10 heteroatoms. The van der Waals surface area contributed by atoms with Gasteiger partial charge in [-0.1, -0.05) is 18.2 Å². The zero-order valence-corrected chi connectivity index (χ0v) is 15.2. The van der Waals surface area contributed by atoms with Crippen LogP contribution in [0.15, 0.2) is 58.0 Å². The molecule has 142 valence electrons. The van der Waals surface area contributed by atoms with Crippen LogP contribution in [0.25, 0.3) is 17.1 Å². The van der Waals surface area contributed by atoms with Gasteiger partial charge in [-0.3, -0.25) is 9.48 Å². The number of para-hydroxylation sites is 1. The first-order valence-corrected chi connectivity index (χ1v) is 8.49. The van der Waals surface area contributed by atoms with Gasteiger partial charge in [0.25, 0.3) is 5.89 Å². The summed E-state index contributed by atoms with van der Waals surface area (Å²) >= 11 is 0. The van der Waals surface area contributed by atoms with Gasteiger partial charge in [0.1, 0.15) is 12.4 Å². The highest BCUT2D eigenvalue weighted by Crippen LogP contribution is 2.22. The monoisotopic (exact) mass is 379 g/mol. The molecule has 0 fully saturated rings. The molecule has 3 aromatic heterocycles. The molecule has 0 aliphatic heterocycles. The molecule has 0 saturated heterocycles. The van der Waals surface area contributed by atoms with E-state index < -0.39 is 11.7 Å². The average Bonchev–Trinajstić information content (AvgIpc) is 3.36. The first kappa shape index (κ1) is 17.5. The molecular weight excluding hydrogens is 362 g/mol. The second-order valence-corrected chi connectivity index (χ2v) is 6.11. The van der Waals surface area contributed by atoms with E-state index in [2.05, 4.69) is 20.6 Å². The zero-order valence-electron chi connectivity index (χ0n) is 15.2. The predicted molar refractivity (Wildman–Crippen MR) is 99.9 cm³/mol. The van der Waals surface area contributed by atoms with Crippen molar-refractivity contribution in [3.8, 4) is 17.1 Å². The Labute approximate surface area is 159 Å². The lowest BCUT2D eigenvalue weighted by atomic mass is 10.2. The number of aryl methyl sites for hydroxylation is 1. The van der Waals surface area contributed by atoms with Gasteiger partial charge in [-0.15, -0.1) is 5.10 Å². The van der Waals surface area contributed by atoms with E-state index in [9.17, 15) is 9.59 Å². The molecule has 0 spiro atoms. The van der Waals surface area contributed by atoms with Gasteiger partial charge in [0, 0.05) is 13.1 Å². The van der Waals surface area contributed by atoms with Gasteiger partial charge in [-0.2, -0.15) is 14.9 Å². The summed E-state index contributed by atoms with van der Waals surface area (Å²) in [7, 11) is 1.70. The van der Waals surface area contributed by atoms with Crippen LogP contribution in [0.2, 0.25) is 0 Å². The Balaban J connectivity index is 1.57. The summed E-state index contributed by atoms with van der Waals surface area (Å²) in [6.45, 7) is 1.57. The van der Waals surface area contributed by atoms with Gasteiger partial charge in [0.2, 0.25) is 5.91 Å². The van der Waals surface area contributed by atoms with Crippen molar-refractivity contribution in [2.75, 3.05) is 5.32 Å². The largest absolute Gasteiger partial charge is 0.437 e. The van der Waals surface area contributed by atoms with E-state index in [1.54, 1.807) is 30.2 Å². The first-order chi connectivity index (χ1) is 13.5. The average molecular weight is 379 g/mol. The maximum Gasteiger partial charge on any atom is 0.437 e. The molecule has 10 nitrogen and oxygen atoms in total. The number of hydrogen-bond donors (Lipinski definition) is 1. The molecule has 28 heavy (non-hydrogen) atoms. The minimum Gasteiger partial charge on any atom is -0.387 e.